The molecule has 0 aliphatic carbocycles. The van der Waals surface area contributed by atoms with Gasteiger partial charge in [-0.3, -0.25) is 4.99 Å². The van der Waals surface area contributed by atoms with Crippen molar-refractivity contribution in [2.75, 3.05) is 13.3 Å². The van der Waals surface area contributed by atoms with Crippen molar-refractivity contribution in [1.82, 2.24) is 15.7 Å². The molecule has 3 aliphatic heterocycles. The fourth-order valence-electron chi connectivity index (χ4n) is 3.60. The number of hydroxylamine groups is 2. The summed E-state index contributed by atoms with van der Waals surface area (Å²) < 4.78 is 5.90. The van der Waals surface area contributed by atoms with E-state index in [-0.39, 0.29) is 6.67 Å². The molecule has 0 aromatic rings. The van der Waals surface area contributed by atoms with E-state index in [9.17, 15) is 15.1 Å². The first-order chi connectivity index (χ1) is 9.56. The number of carbonyl (C=O) groups is 1. The number of nitrogens with one attached hydrogen (secondary N) is 2. The van der Waals surface area contributed by atoms with Crippen LogP contribution < -0.4 is 10.6 Å². The van der Waals surface area contributed by atoms with Crippen LogP contribution in [0.2, 0.25) is 0 Å². The first-order valence-electron chi connectivity index (χ1n) is 6.93. The molecule has 2 saturated heterocycles. The molecule has 8 heteroatoms. The minimum Gasteiger partial charge on any atom is -0.390 e. The maximum absolute atomic E-state index is 11.8. The molecule has 4 atom stereocenters. The summed E-state index contributed by atoms with van der Waals surface area (Å²) in [5.74, 6) is 0. The van der Waals surface area contributed by atoms with Gasteiger partial charge in [0, 0.05) is 12.8 Å². The molecule has 3 unspecified atom stereocenters. The third kappa shape index (κ3) is 1.62. The van der Waals surface area contributed by atoms with Crippen molar-refractivity contribution in [3.63, 3.8) is 0 Å². The number of aliphatic hydroxyl groups is 1. The Morgan fingerprint density at radius 1 is 1.70 bits per heavy atom. The first kappa shape index (κ1) is 13.7. The number of aliphatic hydroxyl groups excluding tert-OH is 1. The topological polar surface area (TPSA) is 106 Å². The van der Waals surface area contributed by atoms with Crippen molar-refractivity contribution >= 4 is 12.2 Å². The number of ether oxygens (including phenoxy) is 1. The third-order valence-corrected chi connectivity index (χ3v) is 4.52. The molecule has 0 aromatic carbocycles. The van der Waals surface area contributed by atoms with E-state index >= 15 is 0 Å². The Hall–Kier alpha value is -1.22. The van der Waals surface area contributed by atoms with Gasteiger partial charge in [0.05, 0.1) is 6.10 Å². The van der Waals surface area contributed by atoms with Gasteiger partial charge in [0.2, 0.25) is 0 Å². The molecular formula is C12H20N4O4. The largest absolute Gasteiger partial charge is 0.390 e. The first-order valence-corrected chi connectivity index (χ1v) is 6.93. The molecule has 3 heterocycles. The van der Waals surface area contributed by atoms with Gasteiger partial charge in [-0.25, -0.2) is 4.79 Å². The van der Waals surface area contributed by atoms with Crippen molar-refractivity contribution in [3.8, 4) is 0 Å². The molecule has 8 nitrogen and oxygen atoms in total. The van der Waals surface area contributed by atoms with Gasteiger partial charge >= 0.3 is 6.03 Å². The van der Waals surface area contributed by atoms with Gasteiger partial charge < -0.3 is 25.7 Å². The van der Waals surface area contributed by atoms with Gasteiger partial charge in [0.15, 0.2) is 0 Å². The summed E-state index contributed by atoms with van der Waals surface area (Å²) >= 11 is 0. The molecule has 3 rings (SSSR count). The fraction of sp³-hybridized carbons (Fsp3) is 0.833. The maximum atomic E-state index is 11.8. The summed E-state index contributed by atoms with van der Waals surface area (Å²) in [7, 11) is 0. The minimum absolute atomic E-state index is 0.0761. The zero-order valence-electron chi connectivity index (χ0n) is 11.4. The van der Waals surface area contributed by atoms with Crippen molar-refractivity contribution in [2.45, 2.75) is 49.6 Å². The predicted molar refractivity (Wildman–Crippen MR) is 69.4 cm³/mol. The van der Waals surface area contributed by atoms with Crippen molar-refractivity contribution in [3.05, 3.63) is 0 Å². The molecule has 3 aliphatic rings. The van der Waals surface area contributed by atoms with Gasteiger partial charge in [0.1, 0.15) is 24.0 Å². The molecule has 112 valence electrons. The summed E-state index contributed by atoms with van der Waals surface area (Å²) in [6, 6.07) is -0.402. The number of fused-ring (bicyclic) bond motifs is 1. The lowest BCUT2D eigenvalue weighted by Gasteiger charge is -2.50. The van der Waals surface area contributed by atoms with E-state index in [1.165, 1.54) is 0 Å². The molecule has 0 aromatic heterocycles. The van der Waals surface area contributed by atoms with Crippen molar-refractivity contribution < 1.29 is 19.8 Å². The zero-order valence-corrected chi connectivity index (χ0v) is 11.4. The zero-order chi connectivity index (χ0) is 14.4. The number of nitrogens with zero attached hydrogens (tertiary/aromatic N) is 2. The monoisotopic (exact) mass is 284 g/mol. The Bertz CT molecular complexity index is 437. The number of rotatable bonds is 3. The average Bonchev–Trinajstić information content (AvgIpc) is 3.04. The van der Waals surface area contributed by atoms with Crippen molar-refractivity contribution in [1.29, 1.82) is 0 Å². The van der Waals surface area contributed by atoms with Crippen LogP contribution in [0.25, 0.3) is 0 Å². The Balaban J connectivity index is 2.09. The lowest BCUT2D eigenvalue weighted by molar-refractivity contribution is -0.192. The Kier molecular flexibility index (Phi) is 3.20. The van der Waals surface area contributed by atoms with E-state index in [0.29, 0.717) is 19.4 Å². The molecular weight excluding hydrogens is 264 g/mol. The second-order valence-corrected chi connectivity index (χ2v) is 5.53. The summed E-state index contributed by atoms with van der Waals surface area (Å²) in [6.45, 7) is 2.45. The number of urea groups is 1. The van der Waals surface area contributed by atoms with E-state index in [1.807, 2.05) is 6.92 Å². The summed E-state index contributed by atoms with van der Waals surface area (Å²) in [6.07, 6.45) is 2.02. The van der Waals surface area contributed by atoms with Gasteiger partial charge in [-0.1, -0.05) is 6.92 Å². The number of hydrogen-bond donors (Lipinski definition) is 4. The van der Waals surface area contributed by atoms with Crippen LogP contribution in [0, 0.1) is 0 Å². The lowest BCUT2D eigenvalue weighted by Crippen LogP contribution is -2.75. The lowest BCUT2D eigenvalue weighted by atomic mass is 9.71. The van der Waals surface area contributed by atoms with E-state index in [2.05, 4.69) is 15.6 Å². The van der Waals surface area contributed by atoms with Gasteiger partial charge in [-0.15, -0.1) is 5.06 Å². The molecule has 0 saturated carbocycles. The quantitative estimate of drug-likeness (QED) is 0.554. The number of aliphatic imine (C=N–C) groups is 1. The van der Waals surface area contributed by atoms with Crippen LogP contribution in [0.4, 0.5) is 4.79 Å². The molecule has 0 spiro atoms. The molecule has 0 bridgehead atoms. The van der Waals surface area contributed by atoms with E-state index < -0.39 is 29.4 Å². The normalized spacial score (nSPS) is 42.1. The second kappa shape index (κ2) is 4.66. The molecule has 2 amide bonds. The van der Waals surface area contributed by atoms with E-state index in [0.717, 1.165) is 11.5 Å². The highest BCUT2D eigenvalue weighted by molar-refractivity contribution is 5.89. The highest BCUT2D eigenvalue weighted by Gasteiger charge is 2.66. The maximum Gasteiger partial charge on any atom is 0.317 e. The van der Waals surface area contributed by atoms with Crippen LogP contribution in [0.1, 0.15) is 26.2 Å². The average molecular weight is 284 g/mol. The van der Waals surface area contributed by atoms with Crippen LogP contribution in [0.15, 0.2) is 4.99 Å². The van der Waals surface area contributed by atoms with Gasteiger partial charge in [-0.05, 0) is 19.3 Å². The highest BCUT2D eigenvalue weighted by Crippen LogP contribution is 2.44. The summed E-state index contributed by atoms with van der Waals surface area (Å²) in [5.41, 5.74) is -2.04. The third-order valence-electron chi connectivity index (χ3n) is 4.52. The van der Waals surface area contributed by atoms with Crippen molar-refractivity contribution in [2.24, 2.45) is 4.99 Å². The Morgan fingerprint density at radius 3 is 3.15 bits per heavy atom. The standard InChI is InChI=1S/C12H20N4O4/c1-2-8(17)12(4-3-5-20-12)11-6-13-7-16(19)9(11)14-10(18)15-11/h6,8-9,17,19H,2-5,7H2,1H3,(H2,14,15,18)/t8?,9?,11?,12-/m1/s1. The van der Waals surface area contributed by atoms with Crippen LogP contribution >= 0.6 is 0 Å². The fourth-order valence-corrected chi connectivity index (χ4v) is 3.60. The van der Waals surface area contributed by atoms with Gasteiger partial charge in [-0.2, -0.15) is 0 Å². The second-order valence-electron chi connectivity index (χ2n) is 5.53. The summed E-state index contributed by atoms with van der Waals surface area (Å²) in [5, 5.41) is 27.0. The van der Waals surface area contributed by atoms with Gasteiger partial charge in [0.25, 0.3) is 0 Å². The number of carbonyl (C=O) groups excluding carboxylic acids is 1. The van der Waals surface area contributed by atoms with Crippen LogP contribution in [-0.4, -0.2) is 64.3 Å². The summed E-state index contributed by atoms with van der Waals surface area (Å²) in [4.78, 5) is 15.9. The SMILES string of the molecule is CCC(O)[C@@]1(C23C=NCN(O)C2NC(=O)N3)CCCO1. The number of hydrogen-bond acceptors (Lipinski definition) is 6. The molecule has 20 heavy (non-hydrogen) atoms. The molecule has 4 N–H and O–H groups in total. The smallest absolute Gasteiger partial charge is 0.317 e. The Morgan fingerprint density at radius 2 is 2.50 bits per heavy atom. The predicted octanol–water partition coefficient (Wildman–Crippen LogP) is -0.583. The van der Waals surface area contributed by atoms with E-state index in [4.69, 9.17) is 4.74 Å². The molecule has 2 fully saturated rings. The highest BCUT2D eigenvalue weighted by atomic mass is 16.5. The molecule has 0 radical (unpaired) electrons. The van der Waals surface area contributed by atoms with Crippen LogP contribution in [0.5, 0.6) is 0 Å². The Labute approximate surface area is 116 Å². The minimum atomic E-state index is -1.07. The van der Waals surface area contributed by atoms with Crippen LogP contribution in [0.3, 0.4) is 0 Å². The van der Waals surface area contributed by atoms with E-state index in [1.54, 1.807) is 6.21 Å². The van der Waals surface area contributed by atoms with Crippen LogP contribution in [-0.2, 0) is 4.74 Å². The number of amides is 2.